The first-order valence-corrected chi connectivity index (χ1v) is 6.08. The highest BCUT2D eigenvalue weighted by molar-refractivity contribution is 5.60. The van der Waals surface area contributed by atoms with Crippen molar-refractivity contribution in [2.24, 2.45) is 5.73 Å². The fourth-order valence-electron chi connectivity index (χ4n) is 2.84. The van der Waals surface area contributed by atoms with Gasteiger partial charge in [0.1, 0.15) is 0 Å². The third-order valence-electron chi connectivity index (χ3n) is 4.01. The normalized spacial score (nSPS) is 19.5. The zero-order valence-corrected chi connectivity index (χ0v) is 10.3. The Kier molecular flexibility index (Phi) is 2.59. The van der Waals surface area contributed by atoms with Crippen molar-refractivity contribution < 1.29 is 18.6 Å². The van der Waals surface area contributed by atoms with Crippen molar-refractivity contribution >= 4 is 0 Å². The van der Waals surface area contributed by atoms with Gasteiger partial charge in [-0.1, -0.05) is 6.42 Å². The summed E-state index contributed by atoms with van der Waals surface area (Å²) in [6.07, 6.45) is 2.95. The van der Waals surface area contributed by atoms with Gasteiger partial charge in [-0.3, -0.25) is 0 Å². The van der Waals surface area contributed by atoms with E-state index in [1.807, 2.05) is 0 Å². The van der Waals surface area contributed by atoms with Gasteiger partial charge in [-0.15, -0.1) is 0 Å². The maximum Gasteiger partial charge on any atom is 0.231 e. The van der Waals surface area contributed by atoms with Gasteiger partial charge in [0.05, 0.1) is 12.7 Å². The molecule has 1 aromatic rings. The molecule has 4 nitrogen and oxygen atoms in total. The number of benzene rings is 1. The summed E-state index contributed by atoms with van der Waals surface area (Å²) in [7, 11) is 1.47. The molecule has 1 aliphatic heterocycles. The van der Waals surface area contributed by atoms with Crippen molar-refractivity contribution in [3.8, 4) is 17.2 Å². The molecule has 0 unspecified atom stereocenters. The second kappa shape index (κ2) is 4.02. The summed E-state index contributed by atoms with van der Waals surface area (Å²) in [6.45, 7) is 0.582. The molecule has 5 heteroatoms. The van der Waals surface area contributed by atoms with E-state index in [4.69, 9.17) is 19.9 Å². The summed E-state index contributed by atoms with van der Waals surface area (Å²) < 4.78 is 30.0. The van der Waals surface area contributed by atoms with Crippen LogP contribution in [0.25, 0.3) is 0 Å². The Hall–Kier alpha value is -1.49. The van der Waals surface area contributed by atoms with Crippen LogP contribution in [0.3, 0.4) is 0 Å². The van der Waals surface area contributed by atoms with Crippen molar-refractivity contribution in [3.05, 3.63) is 17.4 Å². The van der Waals surface area contributed by atoms with Crippen LogP contribution in [-0.2, 0) is 5.41 Å². The lowest BCUT2D eigenvalue weighted by atomic mass is 9.64. The van der Waals surface area contributed by atoms with Gasteiger partial charge in [-0.05, 0) is 12.8 Å². The Labute approximate surface area is 105 Å². The maximum absolute atomic E-state index is 14.0. The van der Waals surface area contributed by atoms with E-state index in [1.165, 1.54) is 13.2 Å². The topological polar surface area (TPSA) is 53.7 Å². The Morgan fingerprint density at radius 1 is 1.44 bits per heavy atom. The second-order valence-corrected chi connectivity index (χ2v) is 4.84. The van der Waals surface area contributed by atoms with Crippen LogP contribution >= 0.6 is 0 Å². The van der Waals surface area contributed by atoms with E-state index in [-0.39, 0.29) is 18.0 Å². The van der Waals surface area contributed by atoms with E-state index < -0.39 is 5.82 Å². The van der Waals surface area contributed by atoms with Crippen LogP contribution in [0.2, 0.25) is 0 Å². The molecule has 0 amide bonds. The Morgan fingerprint density at radius 2 is 2.22 bits per heavy atom. The zero-order valence-electron chi connectivity index (χ0n) is 10.3. The van der Waals surface area contributed by atoms with Crippen molar-refractivity contribution in [2.75, 3.05) is 20.4 Å². The average Bonchev–Trinajstić information content (AvgIpc) is 2.75. The quantitative estimate of drug-likeness (QED) is 0.894. The van der Waals surface area contributed by atoms with E-state index >= 15 is 0 Å². The van der Waals surface area contributed by atoms with E-state index in [0.29, 0.717) is 18.0 Å². The molecule has 1 heterocycles. The summed E-state index contributed by atoms with van der Waals surface area (Å²) >= 11 is 0. The van der Waals surface area contributed by atoms with Crippen molar-refractivity contribution in [1.29, 1.82) is 0 Å². The summed E-state index contributed by atoms with van der Waals surface area (Å²) in [5.74, 6) is 0.863. The van der Waals surface area contributed by atoms with E-state index in [1.54, 1.807) is 0 Å². The minimum atomic E-state index is -0.420. The van der Waals surface area contributed by atoms with E-state index in [0.717, 1.165) is 24.8 Å². The molecule has 1 aliphatic carbocycles. The molecule has 0 spiro atoms. The van der Waals surface area contributed by atoms with Gasteiger partial charge >= 0.3 is 0 Å². The largest absolute Gasteiger partial charge is 0.493 e. The van der Waals surface area contributed by atoms with Crippen LogP contribution in [0.15, 0.2) is 6.07 Å². The van der Waals surface area contributed by atoms with Gasteiger partial charge in [-0.25, -0.2) is 4.39 Å². The summed E-state index contributed by atoms with van der Waals surface area (Å²) in [5, 5.41) is 0. The smallest absolute Gasteiger partial charge is 0.231 e. The molecular weight excluding hydrogens is 237 g/mol. The molecule has 1 saturated carbocycles. The molecule has 0 saturated heterocycles. The highest BCUT2D eigenvalue weighted by Crippen LogP contribution is 2.54. The number of ether oxygens (including phenoxy) is 3. The number of hydrogen-bond donors (Lipinski definition) is 1. The zero-order chi connectivity index (χ0) is 12.8. The molecule has 0 bridgehead atoms. The molecule has 0 radical (unpaired) electrons. The van der Waals surface area contributed by atoms with Crippen LogP contribution in [0, 0.1) is 5.82 Å². The van der Waals surface area contributed by atoms with Crippen molar-refractivity contribution in [3.63, 3.8) is 0 Å². The molecule has 0 atom stereocenters. The van der Waals surface area contributed by atoms with Gasteiger partial charge in [-0.2, -0.15) is 0 Å². The average molecular weight is 253 g/mol. The number of rotatable bonds is 3. The van der Waals surface area contributed by atoms with Crippen LogP contribution in [0.4, 0.5) is 4.39 Å². The molecule has 3 rings (SSSR count). The first kappa shape index (κ1) is 11.6. The lowest BCUT2D eigenvalue weighted by Crippen LogP contribution is -2.42. The Morgan fingerprint density at radius 3 is 2.78 bits per heavy atom. The molecule has 18 heavy (non-hydrogen) atoms. The Balaban J connectivity index is 2.22. The van der Waals surface area contributed by atoms with E-state index in [2.05, 4.69) is 0 Å². The third kappa shape index (κ3) is 1.40. The predicted molar refractivity (Wildman–Crippen MR) is 63.7 cm³/mol. The molecule has 98 valence electrons. The van der Waals surface area contributed by atoms with Gasteiger partial charge in [0.25, 0.3) is 0 Å². The van der Waals surface area contributed by atoms with Crippen LogP contribution < -0.4 is 19.9 Å². The number of halogens is 1. The van der Waals surface area contributed by atoms with Gasteiger partial charge < -0.3 is 19.9 Å². The monoisotopic (exact) mass is 253 g/mol. The summed E-state index contributed by atoms with van der Waals surface area (Å²) in [4.78, 5) is 0. The van der Waals surface area contributed by atoms with Crippen LogP contribution in [-0.4, -0.2) is 20.4 Å². The standard InChI is InChI=1S/C13H16FNO3/c1-16-11-8(14)5-9-12(18-7-17-9)10(11)13(6-15)3-2-4-13/h5H,2-4,6-7,15H2,1H3. The van der Waals surface area contributed by atoms with E-state index in [9.17, 15) is 4.39 Å². The van der Waals surface area contributed by atoms with Gasteiger partial charge in [0.15, 0.2) is 23.1 Å². The molecule has 2 aliphatic rings. The summed E-state index contributed by atoms with van der Waals surface area (Å²) in [5.41, 5.74) is 6.41. The molecule has 1 aromatic carbocycles. The Bertz CT molecular complexity index is 476. The van der Waals surface area contributed by atoms with Gasteiger partial charge in [0, 0.05) is 18.0 Å². The minimum Gasteiger partial charge on any atom is -0.493 e. The predicted octanol–water partition coefficient (Wildman–Crippen LogP) is 1.94. The molecule has 1 fully saturated rings. The highest BCUT2D eigenvalue weighted by atomic mass is 19.1. The van der Waals surface area contributed by atoms with Crippen LogP contribution in [0.1, 0.15) is 24.8 Å². The third-order valence-corrected chi connectivity index (χ3v) is 4.01. The summed E-state index contributed by atoms with van der Waals surface area (Å²) in [6, 6.07) is 1.31. The number of nitrogens with two attached hydrogens (primary N) is 1. The van der Waals surface area contributed by atoms with Crippen molar-refractivity contribution in [2.45, 2.75) is 24.7 Å². The number of hydrogen-bond acceptors (Lipinski definition) is 4. The SMILES string of the molecule is COc1c(F)cc2c(c1C1(CN)CCC1)OCO2. The van der Waals surface area contributed by atoms with Crippen molar-refractivity contribution in [1.82, 2.24) is 0 Å². The number of fused-ring (bicyclic) bond motifs is 1. The second-order valence-electron chi connectivity index (χ2n) is 4.84. The first-order valence-electron chi connectivity index (χ1n) is 6.08. The van der Waals surface area contributed by atoms with Gasteiger partial charge in [0.2, 0.25) is 6.79 Å². The lowest BCUT2D eigenvalue weighted by Gasteiger charge is -2.42. The first-order chi connectivity index (χ1) is 8.72. The van der Waals surface area contributed by atoms with Crippen LogP contribution in [0.5, 0.6) is 17.2 Å². The highest BCUT2D eigenvalue weighted by Gasteiger charge is 2.44. The minimum absolute atomic E-state index is 0.121. The molecule has 2 N–H and O–H groups in total. The lowest BCUT2D eigenvalue weighted by molar-refractivity contribution is 0.167. The fraction of sp³-hybridized carbons (Fsp3) is 0.538. The molecular formula is C13H16FNO3. The number of methoxy groups -OCH3 is 1. The maximum atomic E-state index is 14.0. The molecule has 0 aromatic heterocycles. The fourth-order valence-corrected chi connectivity index (χ4v) is 2.84.